The lowest BCUT2D eigenvalue weighted by Crippen LogP contribution is -2.36. The van der Waals surface area contributed by atoms with Gasteiger partial charge in [-0.3, -0.25) is 0 Å². The summed E-state index contributed by atoms with van der Waals surface area (Å²) in [7, 11) is 4.10. The first-order chi connectivity index (χ1) is 8.49. The molecule has 18 heavy (non-hydrogen) atoms. The monoisotopic (exact) mass is 271 g/mol. The topological polar surface area (TPSA) is 32.5 Å². The lowest BCUT2D eigenvalue weighted by Gasteiger charge is -2.28. The Labute approximate surface area is 112 Å². The maximum absolute atomic E-state index is 13.3. The van der Waals surface area contributed by atoms with E-state index in [9.17, 15) is 4.39 Å². The van der Waals surface area contributed by atoms with Crippen LogP contribution in [0.3, 0.4) is 0 Å². The molecule has 1 fully saturated rings. The molecule has 1 unspecified atom stereocenters. The molecule has 1 aliphatic rings. The van der Waals surface area contributed by atoms with Crippen molar-refractivity contribution in [3.05, 3.63) is 23.0 Å². The van der Waals surface area contributed by atoms with Gasteiger partial charge in [0.25, 0.3) is 0 Å². The molecule has 3 nitrogen and oxygen atoms in total. The van der Waals surface area contributed by atoms with Crippen molar-refractivity contribution in [2.24, 2.45) is 0 Å². The van der Waals surface area contributed by atoms with Crippen LogP contribution >= 0.6 is 11.6 Å². The quantitative estimate of drug-likeness (QED) is 0.858. The third kappa shape index (κ3) is 2.70. The van der Waals surface area contributed by atoms with Crippen LogP contribution in [0.2, 0.25) is 5.02 Å². The Morgan fingerprint density at radius 2 is 2.28 bits per heavy atom. The first-order valence-corrected chi connectivity index (χ1v) is 6.52. The Morgan fingerprint density at radius 1 is 1.56 bits per heavy atom. The summed E-state index contributed by atoms with van der Waals surface area (Å²) in [6.07, 6.45) is 2.42. The lowest BCUT2D eigenvalue weighted by molar-refractivity contribution is 0.314. The van der Waals surface area contributed by atoms with Crippen LogP contribution in [0.4, 0.5) is 15.8 Å². The van der Waals surface area contributed by atoms with E-state index in [1.165, 1.54) is 18.9 Å². The van der Waals surface area contributed by atoms with Crippen molar-refractivity contribution in [1.82, 2.24) is 4.90 Å². The van der Waals surface area contributed by atoms with Crippen LogP contribution in [0.15, 0.2) is 12.1 Å². The zero-order chi connectivity index (χ0) is 13.3. The molecule has 2 rings (SSSR count). The molecule has 1 atom stereocenters. The van der Waals surface area contributed by atoms with Gasteiger partial charge in [0, 0.05) is 25.7 Å². The molecule has 0 spiro atoms. The summed E-state index contributed by atoms with van der Waals surface area (Å²) >= 11 is 5.81. The number of likely N-dealkylation sites (N-methyl/N-ethyl adjacent to an activating group) is 2. The van der Waals surface area contributed by atoms with Gasteiger partial charge in [-0.15, -0.1) is 0 Å². The fraction of sp³-hybridized carbons (Fsp3) is 0.538. The van der Waals surface area contributed by atoms with Crippen LogP contribution < -0.4 is 10.6 Å². The van der Waals surface area contributed by atoms with Gasteiger partial charge in [0.05, 0.1) is 16.4 Å². The van der Waals surface area contributed by atoms with Gasteiger partial charge in [0.2, 0.25) is 0 Å². The van der Waals surface area contributed by atoms with Crippen LogP contribution in [0.1, 0.15) is 12.8 Å². The van der Waals surface area contributed by atoms with Crippen molar-refractivity contribution < 1.29 is 4.39 Å². The summed E-state index contributed by atoms with van der Waals surface area (Å²) in [6.45, 7) is 2.01. The molecular weight excluding hydrogens is 253 g/mol. The number of benzene rings is 1. The Bertz CT molecular complexity index is 438. The van der Waals surface area contributed by atoms with Gasteiger partial charge >= 0.3 is 0 Å². The summed E-state index contributed by atoms with van der Waals surface area (Å²) in [5, 5.41) is 0.117. The number of nitrogen functional groups attached to an aromatic ring is 1. The van der Waals surface area contributed by atoms with Gasteiger partial charge < -0.3 is 15.5 Å². The average molecular weight is 272 g/mol. The van der Waals surface area contributed by atoms with Crippen molar-refractivity contribution in [3.8, 4) is 0 Å². The number of rotatable bonds is 3. The molecule has 1 heterocycles. The molecule has 1 saturated heterocycles. The van der Waals surface area contributed by atoms with Crippen LogP contribution in [0, 0.1) is 5.82 Å². The van der Waals surface area contributed by atoms with Crippen molar-refractivity contribution >= 4 is 23.0 Å². The highest BCUT2D eigenvalue weighted by molar-refractivity contribution is 6.31. The molecule has 0 radical (unpaired) electrons. The molecule has 1 aliphatic heterocycles. The molecule has 0 aromatic heterocycles. The predicted molar refractivity (Wildman–Crippen MR) is 74.7 cm³/mol. The number of hydrogen-bond acceptors (Lipinski definition) is 3. The summed E-state index contributed by atoms with van der Waals surface area (Å²) < 4.78 is 13.3. The highest BCUT2D eigenvalue weighted by atomic mass is 35.5. The molecule has 1 aromatic carbocycles. The minimum atomic E-state index is -0.468. The summed E-state index contributed by atoms with van der Waals surface area (Å²) in [5.41, 5.74) is 7.07. The zero-order valence-electron chi connectivity index (χ0n) is 10.8. The smallest absolute Gasteiger partial charge is 0.143 e. The summed E-state index contributed by atoms with van der Waals surface area (Å²) in [5.74, 6) is -0.468. The maximum atomic E-state index is 13.3. The fourth-order valence-corrected chi connectivity index (χ4v) is 2.66. The van der Waals surface area contributed by atoms with Crippen molar-refractivity contribution in [2.75, 3.05) is 37.8 Å². The summed E-state index contributed by atoms with van der Waals surface area (Å²) in [6, 6.07) is 3.41. The minimum Gasteiger partial charge on any atom is -0.397 e. The predicted octanol–water partition coefficient (Wildman–Crippen LogP) is 2.59. The molecule has 0 saturated carbocycles. The Morgan fingerprint density at radius 3 is 2.89 bits per heavy atom. The summed E-state index contributed by atoms with van der Waals surface area (Å²) in [4.78, 5) is 4.39. The second kappa shape index (κ2) is 5.33. The van der Waals surface area contributed by atoms with E-state index >= 15 is 0 Å². The first-order valence-electron chi connectivity index (χ1n) is 6.15. The molecule has 100 valence electrons. The van der Waals surface area contributed by atoms with Gasteiger partial charge in [0.1, 0.15) is 5.82 Å². The highest BCUT2D eigenvalue weighted by Gasteiger charge is 2.23. The largest absolute Gasteiger partial charge is 0.397 e. The SMILES string of the molecule is CN(CC1CCCN1C)c1cc(Cl)c(F)cc1N. The number of hydrogen-bond donors (Lipinski definition) is 1. The van der Waals surface area contributed by atoms with E-state index in [4.69, 9.17) is 17.3 Å². The Hall–Kier alpha value is -1.00. The molecule has 0 aliphatic carbocycles. The molecule has 0 amide bonds. The maximum Gasteiger partial charge on any atom is 0.143 e. The second-order valence-electron chi connectivity index (χ2n) is 4.98. The fourth-order valence-electron chi connectivity index (χ4n) is 2.51. The van der Waals surface area contributed by atoms with E-state index < -0.39 is 5.82 Å². The van der Waals surface area contributed by atoms with Gasteiger partial charge in [-0.1, -0.05) is 11.6 Å². The standard InChI is InChI=1S/C13H19ClFN3/c1-17-5-3-4-9(17)8-18(2)13-6-10(14)11(15)7-12(13)16/h6-7,9H,3-5,8,16H2,1-2H3. The minimum absolute atomic E-state index is 0.117. The van der Waals surface area contributed by atoms with Gasteiger partial charge in [-0.2, -0.15) is 0 Å². The first kappa shape index (κ1) is 13.4. The van der Waals surface area contributed by atoms with Crippen LogP contribution in [-0.4, -0.2) is 38.1 Å². The molecule has 0 bridgehead atoms. The second-order valence-corrected chi connectivity index (χ2v) is 5.39. The number of nitrogens with zero attached hydrogens (tertiary/aromatic N) is 2. The van der Waals surface area contributed by atoms with Crippen molar-refractivity contribution in [3.63, 3.8) is 0 Å². The molecule has 5 heteroatoms. The van der Waals surface area contributed by atoms with E-state index in [1.54, 1.807) is 6.07 Å². The van der Waals surface area contributed by atoms with Gasteiger partial charge in [0.15, 0.2) is 0 Å². The van der Waals surface area contributed by atoms with E-state index in [0.29, 0.717) is 11.7 Å². The molecule has 1 aromatic rings. The zero-order valence-corrected chi connectivity index (χ0v) is 11.5. The van der Waals surface area contributed by atoms with Crippen LogP contribution in [-0.2, 0) is 0 Å². The number of anilines is 2. The highest BCUT2D eigenvalue weighted by Crippen LogP contribution is 2.29. The van der Waals surface area contributed by atoms with Gasteiger partial charge in [-0.05, 0) is 32.5 Å². The third-order valence-electron chi connectivity index (χ3n) is 3.64. The number of likely N-dealkylation sites (tertiary alicyclic amines) is 1. The van der Waals surface area contributed by atoms with Gasteiger partial charge in [-0.25, -0.2) is 4.39 Å². The molecule has 2 N–H and O–H groups in total. The van der Waals surface area contributed by atoms with E-state index in [-0.39, 0.29) is 5.02 Å². The average Bonchev–Trinajstić information content (AvgIpc) is 2.69. The normalized spacial score (nSPS) is 20.3. The van der Waals surface area contributed by atoms with Crippen molar-refractivity contribution in [1.29, 1.82) is 0 Å². The lowest BCUT2D eigenvalue weighted by atomic mass is 10.2. The van der Waals surface area contributed by atoms with Crippen LogP contribution in [0.25, 0.3) is 0 Å². The van der Waals surface area contributed by atoms with E-state index in [2.05, 4.69) is 11.9 Å². The van der Waals surface area contributed by atoms with Crippen LogP contribution in [0.5, 0.6) is 0 Å². The van der Waals surface area contributed by atoms with E-state index in [1.807, 2.05) is 11.9 Å². The number of halogens is 2. The molecular formula is C13H19ClFN3. The number of nitrogens with two attached hydrogens (primary N) is 1. The Kier molecular flexibility index (Phi) is 3.97. The van der Waals surface area contributed by atoms with E-state index in [0.717, 1.165) is 18.8 Å². The van der Waals surface area contributed by atoms with Crippen molar-refractivity contribution in [2.45, 2.75) is 18.9 Å². The third-order valence-corrected chi connectivity index (χ3v) is 3.93. The Balaban J connectivity index is 2.13.